The zero-order chi connectivity index (χ0) is 27.5. The first-order valence-electron chi connectivity index (χ1n) is 10.3. The number of hydroxylamine groups is 2. The van der Waals surface area contributed by atoms with Gasteiger partial charge in [0.2, 0.25) is 13.6 Å². The summed E-state index contributed by atoms with van der Waals surface area (Å²) in [5, 5.41) is 9.41. The Morgan fingerprint density at radius 3 is 1.86 bits per heavy atom. The molecule has 1 aromatic rings. The van der Waals surface area contributed by atoms with Gasteiger partial charge in [0.25, 0.3) is 5.91 Å². The molecule has 0 aromatic heterocycles. The summed E-state index contributed by atoms with van der Waals surface area (Å²) in [6, 6.07) is 2.23. The van der Waals surface area contributed by atoms with E-state index in [1.165, 1.54) is 27.7 Å². The van der Waals surface area contributed by atoms with Gasteiger partial charge < -0.3 is 23.7 Å². The van der Waals surface area contributed by atoms with Crippen LogP contribution in [-0.4, -0.2) is 67.9 Å². The van der Waals surface area contributed by atoms with Crippen molar-refractivity contribution in [3.8, 4) is 0 Å². The van der Waals surface area contributed by atoms with Crippen LogP contribution in [0.1, 0.15) is 39.1 Å². The second-order valence-electron chi connectivity index (χ2n) is 7.41. The van der Waals surface area contributed by atoms with E-state index < -0.39 is 75.7 Å². The lowest BCUT2D eigenvalue weighted by atomic mass is 10.2. The van der Waals surface area contributed by atoms with Crippen molar-refractivity contribution >= 4 is 25.8 Å². The van der Waals surface area contributed by atoms with Gasteiger partial charge in [0.1, 0.15) is 6.61 Å². The monoisotopic (exact) mass is 543 g/mol. The van der Waals surface area contributed by atoms with Gasteiger partial charge >= 0.3 is 19.9 Å². The average molecular weight is 543 g/mol. The predicted octanol–water partition coefficient (Wildman–Crippen LogP) is 4.09. The molecule has 1 atom stereocenters. The van der Waals surface area contributed by atoms with E-state index in [9.17, 15) is 32.9 Å². The summed E-state index contributed by atoms with van der Waals surface area (Å²) < 4.78 is 75.2. The van der Waals surface area contributed by atoms with Crippen molar-refractivity contribution in [3.63, 3.8) is 0 Å². The number of hydrogen-bond acceptors (Lipinski definition) is 12. The number of ether oxygens (including phenoxy) is 5. The second-order valence-corrected chi connectivity index (χ2v) is 9.47. The topological polar surface area (TPSA) is 156 Å². The quantitative estimate of drug-likeness (QED) is 0.125. The molecule has 1 rings (SSSR count). The van der Waals surface area contributed by atoms with E-state index in [0.29, 0.717) is 12.1 Å². The lowest BCUT2D eigenvalue weighted by Crippen LogP contribution is -2.28. The van der Waals surface area contributed by atoms with Gasteiger partial charge in [0.05, 0.1) is 12.2 Å². The molecule has 1 N–H and O–H groups in total. The smallest absolute Gasteiger partial charge is 0.432 e. The Morgan fingerprint density at radius 1 is 0.944 bits per heavy atom. The molecule has 0 fully saturated rings. The van der Waals surface area contributed by atoms with E-state index in [1.807, 2.05) is 0 Å². The highest BCUT2D eigenvalue weighted by molar-refractivity contribution is 7.54. The molecule has 0 aliphatic heterocycles. The predicted molar refractivity (Wildman–Crippen MR) is 115 cm³/mol. The number of carbonyl (C=O) groups excluding carboxylic acids is 3. The number of hydrogen-bond donors (Lipinski definition) is 1. The maximum Gasteiger partial charge on any atom is 0.510 e. The Bertz CT molecular complexity index is 911. The normalized spacial score (nSPS) is 12.3. The number of likely N-dealkylation sites (N-methyl/N-ethyl adjacent to an activating group) is 1. The molecule has 0 bridgehead atoms. The lowest BCUT2D eigenvalue weighted by Gasteiger charge is -2.27. The van der Waals surface area contributed by atoms with Crippen LogP contribution < -0.4 is 0 Å². The van der Waals surface area contributed by atoms with Gasteiger partial charge in [0.15, 0.2) is 17.5 Å². The van der Waals surface area contributed by atoms with E-state index in [2.05, 4.69) is 9.47 Å². The third-order valence-electron chi connectivity index (χ3n) is 3.72. The van der Waals surface area contributed by atoms with E-state index in [0.717, 1.165) is 13.1 Å². The lowest BCUT2D eigenvalue weighted by molar-refractivity contribution is -0.165. The van der Waals surface area contributed by atoms with Crippen LogP contribution in [0.15, 0.2) is 18.2 Å². The minimum atomic E-state index is -4.78. The van der Waals surface area contributed by atoms with Crippen LogP contribution in [0.25, 0.3) is 0 Å². The maximum absolute atomic E-state index is 13.9. The zero-order valence-electron chi connectivity index (χ0n) is 20.2. The molecule has 16 heteroatoms. The van der Waals surface area contributed by atoms with Gasteiger partial charge in [0, 0.05) is 7.05 Å². The first-order valence-corrected chi connectivity index (χ1v) is 11.9. The van der Waals surface area contributed by atoms with E-state index in [4.69, 9.17) is 23.3 Å². The minimum absolute atomic E-state index is 0.158. The van der Waals surface area contributed by atoms with Crippen molar-refractivity contribution in [2.24, 2.45) is 0 Å². The van der Waals surface area contributed by atoms with Crippen molar-refractivity contribution in [1.29, 1.82) is 0 Å². The van der Waals surface area contributed by atoms with Crippen LogP contribution in [0.3, 0.4) is 0 Å². The van der Waals surface area contributed by atoms with Gasteiger partial charge in [-0.1, -0.05) is 6.07 Å². The molecule has 0 spiro atoms. The summed E-state index contributed by atoms with van der Waals surface area (Å²) in [6.07, 6.45) is -3.51. The average Bonchev–Trinajstić information content (AvgIpc) is 2.74. The van der Waals surface area contributed by atoms with Gasteiger partial charge in [-0.25, -0.2) is 23.4 Å². The molecule has 0 aliphatic carbocycles. The third-order valence-corrected chi connectivity index (χ3v) is 5.68. The van der Waals surface area contributed by atoms with Crippen LogP contribution in [0.2, 0.25) is 0 Å². The van der Waals surface area contributed by atoms with Crippen LogP contribution in [0, 0.1) is 11.6 Å². The fourth-order valence-electron chi connectivity index (χ4n) is 2.20. The SMILES string of the molecule is CC(C)OC(=O)OCOP(=O)(OCOC(=O)OC(C)C)C(OCC(=O)N(C)O)c1ccc(F)c(F)c1. The Morgan fingerprint density at radius 2 is 1.44 bits per heavy atom. The summed E-state index contributed by atoms with van der Waals surface area (Å²) in [7, 11) is -3.80. The maximum atomic E-state index is 13.9. The molecule has 1 amide bonds. The zero-order valence-corrected chi connectivity index (χ0v) is 21.1. The number of carbonyl (C=O) groups is 3. The Labute approximate surface area is 205 Å². The fourth-order valence-corrected chi connectivity index (χ4v) is 3.73. The van der Waals surface area contributed by atoms with Crippen LogP contribution in [-0.2, 0) is 42.1 Å². The molecule has 0 aliphatic rings. The number of halogens is 2. The molecule has 0 saturated carbocycles. The van der Waals surface area contributed by atoms with Gasteiger partial charge in [-0.2, -0.15) is 0 Å². The molecule has 0 saturated heterocycles. The molecule has 13 nitrogen and oxygen atoms in total. The number of rotatable bonds is 13. The van der Waals surface area contributed by atoms with Crippen molar-refractivity contribution in [2.45, 2.75) is 45.7 Å². The first kappa shape index (κ1) is 31.2. The Kier molecular flexibility index (Phi) is 12.7. The molecular formula is C20H28F2NO12P. The van der Waals surface area contributed by atoms with Crippen molar-refractivity contribution < 1.29 is 65.7 Å². The molecule has 0 radical (unpaired) electrons. The molecule has 0 heterocycles. The van der Waals surface area contributed by atoms with Crippen molar-refractivity contribution in [2.75, 3.05) is 27.2 Å². The van der Waals surface area contributed by atoms with Gasteiger partial charge in [-0.05, 0) is 45.4 Å². The standard InChI is InChI=1S/C20H28F2NO12P/c1-12(2)34-19(25)30-10-32-36(28,33-11-31-20(26)35-13(3)4)18(29-9-17(24)23(5)27)14-6-7-15(21)16(22)8-14/h6-8,12-13,18,27H,9-11H2,1-5H3. The molecule has 36 heavy (non-hydrogen) atoms. The first-order chi connectivity index (χ1) is 16.7. The number of amides is 1. The third kappa shape index (κ3) is 10.8. The van der Waals surface area contributed by atoms with E-state index in [-0.39, 0.29) is 10.6 Å². The minimum Gasteiger partial charge on any atom is -0.432 e. The largest absolute Gasteiger partial charge is 0.510 e. The highest BCUT2D eigenvalue weighted by atomic mass is 31.2. The Balaban J connectivity index is 3.23. The van der Waals surface area contributed by atoms with Gasteiger partial charge in [-0.3, -0.25) is 23.6 Å². The molecule has 1 unspecified atom stereocenters. The summed E-state index contributed by atoms with van der Waals surface area (Å²) in [5.41, 5.74) is -0.333. The summed E-state index contributed by atoms with van der Waals surface area (Å²) >= 11 is 0. The van der Waals surface area contributed by atoms with Crippen molar-refractivity contribution in [3.05, 3.63) is 35.4 Å². The molecular weight excluding hydrogens is 515 g/mol. The fraction of sp³-hybridized carbons (Fsp3) is 0.550. The number of benzene rings is 1. The van der Waals surface area contributed by atoms with Crippen LogP contribution >= 0.6 is 7.60 Å². The van der Waals surface area contributed by atoms with Crippen LogP contribution in [0.5, 0.6) is 0 Å². The molecule has 204 valence electrons. The van der Waals surface area contributed by atoms with Gasteiger partial charge in [-0.15, -0.1) is 0 Å². The number of nitrogens with zero attached hydrogens (tertiary/aromatic N) is 1. The van der Waals surface area contributed by atoms with E-state index in [1.54, 1.807) is 0 Å². The summed E-state index contributed by atoms with van der Waals surface area (Å²) in [6.45, 7) is 3.11. The highest BCUT2D eigenvalue weighted by Crippen LogP contribution is 2.61. The Hall–Kier alpha value is -2.84. The second kappa shape index (κ2) is 14.7. The summed E-state index contributed by atoms with van der Waals surface area (Å²) in [5.74, 6) is -5.60. The summed E-state index contributed by atoms with van der Waals surface area (Å²) in [4.78, 5) is 35.0. The van der Waals surface area contributed by atoms with Crippen LogP contribution in [0.4, 0.5) is 18.4 Å². The van der Waals surface area contributed by atoms with E-state index >= 15 is 0 Å². The highest BCUT2D eigenvalue weighted by Gasteiger charge is 2.41. The van der Waals surface area contributed by atoms with Crippen molar-refractivity contribution in [1.82, 2.24) is 5.06 Å². The molecule has 1 aromatic carbocycles.